The van der Waals surface area contributed by atoms with Crippen molar-refractivity contribution < 1.29 is 28.2 Å². The molecule has 0 fully saturated rings. The third-order valence-electron chi connectivity index (χ3n) is 3.93. The molecule has 0 saturated carbocycles. The zero-order chi connectivity index (χ0) is 20.5. The SMILES string of the molecule is COc1ccc(CCNC(=O)COC(=O)Cc2c(F)cccc2Cl)cc1OC. The Hall–Kier alpha value is -2.80. The van der Waals surface area contributed by atoms with Crippen LogP contribution in [0.5, 0.6) is 11.5 Å². The van der Waals surface area contributed by atoms with Crippen molar-refractivity contribution in [2.24, 2.45) is 0 Å². The minimum Gasteiger partial charge on any atom is -0.493 e. The molecule has 0 aromatic heterocycles. The van der Waals surface area contributed by atoms with Gasteiger partial charge in [0.2, 0.25) is 0 Å². The molecule has 2 aromatic carbocycles. The Balaban J connectivity index is 1.75. The molecule has 0 aliphatic heterocycles. The first-order valence-corrected chi connectivity index (χ1v) is 8.88. The molecule has 150 valence electrons. The number of carbonyl (C=O) groups is 2. The van der Waals surface area contributed by atoms with Crippen molar-refractivity contribution in [1.82, 2.24) is 5.32 Å². The number of methoxy groups -OCH3 is 2. The Bertz CT molecular complexity index is 823. The minimum absolute atomic E-state index is 0.0445. The second-order valence-corrected chi connectivity index (χ2v) is 6.23. The van der Waals surface area contributed by atoms with Gasteiger partial charge in [-0.05, 0) is 36.2 Å². The van der Waals surface area contributed by atoms with Crippen molar-refractivity contribution in [3.63, 3.8) is 0 Å². The van der Waals surface area contributed by atoms with Crippen LogP contribution in [0.15, 0.2) is 36.4 Å². The Labute approximate surface area is 167 Å². The van der Waals surface area contributed by atoms with Gasteiger partial charge in [-0.1, -0.05) is 23.7 Å². The Kier molecular flexibility index (Phi) is 8.07. The van der Waals surface area contributed by atoms with E-state index in [2.05, 4.69) is 5.32 Å². The predicted molar refractivity (Wildman–Crippen MR) is 102 cm³/mol. The Morgan fingerprint density at radius 1 is 1.11 bits per heavy atom. The van der Waals surface area contributed by atoms with Gasteiger partial charge in [-0.3, -0.25) is 9.59 Å². The van der Waals surface area contributed by atoms with Crippen molar-refractivity contribution in [3.8, 4) is 11.5 Å². The van der Waals surface area contributed by atoms with E-state index in [1.165, 1.54) is 18.2 Å². The summed E-state index contributed by atoms with van der Waals surface area (Å²) in [7, 11) is 3.10. The van der Waals surface area contributed by atoms with Gasteiger partial charge >= 0.3 is 5.97 Å². The van der Waals surface area contributed by atoms with Gasteiger partial charge in [0, 0.05) is 17.1 Å². The molecular formula is C20H21ClFNO5. The molecule has 0 aliphatic rings. The van der Waals surface area contributed by atoms with E-state index in [9.17, 15) is 14.0 Å². The van der Waals surface area contributed by atoms with Crippen molar-refractivity contribution in [1.29, 1.82) is 0 Å². The molecule has 2 aromatic rings. The molecule has 0 saturated heterocycles. The summed E-state index contributed by atoms with van der Waals surface area (Å²) in [5.41, 5.74) is 0.993. The first-order chi connectivity index (χ1) is 13.4. The van der Waals surface area contributed by atoms with E-state index in [4.69, 9.17) is 25.8 Å². The number of nitrogens with one attached hydrogen (secondary N) is 1. The number of esters is 1. The number of ether oxygens (including phenoxy) is 3. The number of hydrogen-bond donors (Lipinski definition) is 1. The summed E-state index contributed by atoms with van der Waals surface area (Å²) in [6.07, 6.45) is 0.218. The maximum atomic E-state index is 13.7. The first kappa shape index (κ1) is 21.5. The molecule has 1 amide bonds. The number of carbonyl (C=O) groups excluding carboxylic acids is 2. The summed E-state index contributed by atoms with van der Waals surface area (Å²) in [6, 6.07) is 9.60. The monoisotopic (exact) mass is 409 g/mol. The van der Waals surface area contributed by atoms with Crippen molar-refractivity contribution in [2.75, 3.05) is 27.4 Å². The van der Waals surface area contributed by atoms with Gasteiger partial charge in [0.1, 0.15) is 5.82 Å². The maximum absolute atomic E-state index is 13.7. The molecule has 1 N–H and O–H groups in total. The lowest BCUT2D eigenvalue weighted by molar-refractivity contribution is -0.147. The van der Waals surface area contributed by atoms with E-state index in [1.54, 1.807) is 20.3 Å². The van der Waals surface area contributed by atoms with E-state index in [-0.39, 0.29) is 17.0 Å². The highest BCUT2D eigenvalue weighted by Gasteiger charge is 2.14. The summed E-state index contributed by atoms with van der Waals surface area (Å²) in [6.45, 7) is -0.0954. The van der Waals surface area contributed by atoms with Crippen LogP contribution in [0.3, 0.4) is 0 Å². The number of halogens is 2. The van der Waals surface area contributed by atoms with Crippen LogP contribution in [-0.4, -0.2) is 39.2 Å². The fourth-order valence-corrected chi connectivity index (χ4v) is 2.71. The number of benzene rings is 2. The Morgan fingerprint density at radius 3 is 2.54 bits per heavy atom. The normalized spacial score (nSPS) is 10.3. The van der Waals surface area contributed by atoms with E-state index in [1.807, 2.05) is 12.1 Å². The molecular weight excluding hydrogens is 389 g/mol. The molecule has 8 heteroatoms. The highest BCUT2D eigenvalue weighted by atomic mass is 35.5. The molecule has 0 atom stereocenters. The van der Waals surface area contributed by atoms with Crippen LogP contribution in [0.4, 0.5) is 4.39 Å². The second kappa shape index (κ2) is 10.5. The topological polar surface area (TPSA) is 73.9 Å². The molecule has 2 rings (SSSR count). The van der Waals surface area contributed by atoms with Crippen molar-refractivity contribution in [3.05, 3.63) is 58.4 Å². The van der Waals surface area contributed by atoms with Gasteiger partial charge in [-0.25, -0.2) is 4.39 Å². The van der Waals surface area contributed by atoms with Crippen LogP contribution in [0.1, 0.15) is 11.1 Å². The summed E-state index contributed by atoms with van der Waals surface area (Å²) in [4.78, 5) is 23.6. The zero-order valence-corrected chi connectivity index (χ0v) is 16.3. The molecule has 0 radical (unpaired) electrons. The molecule has 0 heterocycles. The largest absolute Gasteiger partial charge is 0.493 e. The van der Waals surface area contributed by atoms with E-state index < -0.39 is 24.3 Å². The van der Waals surface area contributed by atoms with Gasteiger partial charge < -0.3 is 19.5 Å². The molecule has 0 bridgehead atoms. The quantitative estimate of drug-likeness (QED) is 0.644. The fraction of sp³-hybridized carbons (Fsp3) is 0.300. The van der Waals surface area contributed by atoms with Gasteiger partial charge in [-0.15, -0.1) is 0 Å². The maximum Gasteiger partial charge on any atom is 0.310 e. The molecule has 28 heavy (non-hydrogen) atoms. The number of hydrogen-bond acceptors (Lipinski definition) is 5. The number of amides is 1. The van der Waals surface area contributed by atoms with Crippen LogP contribution in [0, 0.1) is 5.82 Å². The Morgan fingerprint density at radius 2 is 1.86 bits per heavy atom. The fourth-order valence-electron chi connectivity index (χ4n) is 2.48. The van der Waals surface area contributed by atoms with E-state index >= 15 is 0 Å². The summed E-state index contributed by atoms with van der Waals surface area (Å²) >= 11 is 5.86. The average molecular weight is 410 g/mol. The standard InChI is InChI=1S/C20H21ClFNO5/c1-26-17-7-6-13(10-18(17)27-2)8-9-23-19(24)12-28-20(25)11-14-15(21)4-3-5-16(14)22/h3-7,10H,8-9,11-12H2,1-2H3,(H,23,24). The molecule has 0 spiro atoms. The number of rotatable bonds is 9. The van der Waals surface area contributed by atoms with Gasteiger partial charge in [0.15, 0.2) is 18.1 Å². The third-order valence-corrected chi connectivity index (χ3v) is 4.28. The highest BCUT2D eigenvalue weighted by Crippen LogP contribution is 2.27. The summed E-state index contributed by atoms with van der Waals surface area (Å²) in [5.74, 6) is -0.552. The van der Waals surface area contributed by atoms with Gasteiger partial charge in [0.25, 0.3) is 5.91 Å². The van der Waals surface area contributed by atoms with Crippen molar-refractivity contribution >= 4 is 23.5 Å². The van der Waals surface area contributed by atoms with E-state index in [0.29, 0.717) is 24.5 Å². The predicted octanol–water partition coefficient (Wildman–Crippen LogP) is 2.94. The van der Waals surface area contributed by atoms with Gasteiger partial charge in [-0.2, -0.15) is 0 Å². The van der Waals surface area contributed by atoms with Crippen LogP contribution in [-0.2, 0) is 27.2 Å². The lowest BCUT2D eigenvalue weighted by atomic mass is 10.1. The van der Waals surface area contributed by atoms with Crippen LogP contribution in [0.25, 0.3) is 0 Å². The summed E-state index contributed by atoms with van der Waals surface area (Å²) < 4.78 is 28.9. The summed E-state index contributed by atoms with van der Waals surface area (Å²) in [5, 5.41) is 2.79. The highest BCUT2D eigenvalue weighted by molar-refractivity contribution is 6.31. The van der Waals surface area contributed by atoms with Crippen LogP contribution in [0.2, 0.25) is 5.02 Å². The second-order valence-electron chi connectivity index (χ2n) is 5.83. The van der Waals surface area contributed by atoms with E-state index in [0.717, 1.165) is 5.56 Å². The molecule has 0 unspecified atom stereocenters. The zero-order valence-electron chi connectivity index (χ0n) is 15.6. The molecule has 6 nitrogen and oxygen atoms in total. The third kappa shape index (κ3) is 6.13. The minimum atomic E-state index is -0.734. The van der Waals surface area contributed by atoms with Gasteiger partial charge in [0.05, 0.1) is 20.6 Å². The average Bonchev–Trinajstić information content (AvgIpc) is 2.69. The van der Waals surface area contributed by atoms with Crippen LogP contribution >= 0.6 is 11.6 Å². The lowest BCUT2D eigenvalue weighted by Crippen LogP contribution is -2.30. The van der Waals surface area contributed by atoms with Crippen molar-refractivity contribution in [2.45, 2.75) is 12.8 Å². The lowest BCUT2D eigenvalue weighted by Gasteiger charge is -2.10. The smallest absolute Gasteiger partial charge is 0.310 e. The molecule has 0 aliphatic carbocycles. The van der Waals surface area contributed by atoms with Crippen LogP contribution < -0.4 is 14.8 Å². The first-order valence-electron chi connectivity index (χ1n) is 8.50.